The average Bonchev–Trinajstić information content (AvgIpc) is 2.67. The number of amidine groups is 1. The number of hydrogen-bond acceptors (Lipinski definition) is 7. The first-order chi connectivity index (χ1) is 13.4. The van der Waals surface area contributed by atoms with Crippen molar-refractivity contribution in [3.8, 4) is 5.75 Å². The Morgan fingerprint density at radius 1 is 1.32 bits per heavy atom. The number of carbonyl (C=O) groups is 2. The predicted molar refractivity (Wildman–Crippen MR) is 109 cm³/mol. The monoisotopic (exact) mass is 399 g/mol. The quantitative estimate of drug-likeness (QED) is 0.679. The standard InChI is InChI=1S/C19H21N5O3S/c1-19(7-8-28-18(21)24-19)12-3-2-4-13(9-12)23-17(26)15-6-5-14(10-22-15)27-11-16(20)25/h2-6,9-10H,7-8,11H2,1H3,(H2,20,25)(H2,21,24)(H,23,26)/t19-/m0/s1. The van der Waals surface area contributed by atoms with Crippen molar-refractivity contribution in [1.82, 2.24) is 4.98 Å². The average molecular weight is 399 g/mol. The van der Waals surface area contributed by atoms with Crippen molar-refractivity contribution in [2.75, 3.05) is 17.7 Å². The van der Waals surface area contributed by atoms with Gasteiger partial charge in [0.05, 0.1) is 11.7 Å². The van der Waals surface area contributed by atoms with Gasteiger partial charge in [-0.2, -0.15) is 0 Å². The van der Waals surface area contributed by atoms with E-state index in [1.165, 1.54) is 12.3 Å². The summed E-state index contributed by atoms with van der Waals surface area (Å²) in [5, 5.41) is 3.41. The number of nitrogens with zero attached hydrogens (tertiary/aromatic N) is 2. The topological polar surface area (TPSA) is 133 Å². The second-order valence-corrected chi connectivity index (χ2v) is 7.61. The third-order valence-corrected chi connectivity index (χ3v) is 5.08. The Morgan fingerprint density at radius 2 is 2.14 bits per heavy atom. The van der Waals surface area contributed by atoms with Crippen molar-refractivity contribution in [2.24, 2.45) is 16.5 Å². The normalized spacial score (nSPS) is 18.8. The number of anilines is 1. The van der Waals surface area contributed by atoms with Crippen LogP contribution >= 0.6 is 11.8 Å². The fourth-order valence-electron chi connectivity index (χ4n) is 2.78. The van der Waals surface area contributed by atoms with Gasteiger partial charge in [0.1, 0.15) is 11.4 Å². The van der Waals surface area contributed by atoms with Crippen LogP contribution < -0.4 is 21.5 Å². The molecule has 9 heteroatoms. The number of benzene rings is 1. The Kier molecular flexibility index (Phi) is 5.84. The zero-order valence-corrected chi connectivity index (χ0v) is 16.2. The summed E-state index contributed by atoms with van der Waals surface area (Å²) in [5.41, 5.74) is 12.4. The third-order valence-electron chi connectivity index (χ3n) is 4.29. The van der Waals surface area contributed by atoms with E-state index in [9.17, 15) is 9.59 Å². The number of nitrogens with one attached hydrogen (secondary N) is 1. The second kappa shape index (κ2) is 8.30. The summed E-state index contributed by atoms with van der Waals surface area (Å²) in [5.74, 6) is 0.316. The first-order valence-corrected chi connectivity index (χ1v) is 9.61. The summed E-state index contributed by atoms with van der Waals surface area (Å²) in [6.07, 6.45) is 2.23. The Bertz CT molecular complexity index is 916. The van der Waals surface area contributed by atoms with Crippen LogP contribution in [0, 0.1) is 0 Å². The molecule has 0 bridgehead atoms. The molecule has 0 saturated heterocycles. The number of hydrogen-bond donors (Lipinski definition) is 3. The number of aliphatic imine (C=N–C) groups is 1. The van der Waals surface area contributed by atoms with Crippen LogP contribution in [0.4, 0.5) is 5.69 Å². The fourth-order valence-corrected chi connectivity index (χ4v) is 3.75. The zero-order valence-electron chi connectivity index (χ0n) is 15.3. The minimum atomic E-state index is -0.585. The summed E-state index contributed by atoms with van der Waals surface area (Å²) in [7, 11) is 0. The van der Waals surface area contributed by atoms with Gasteiger partial charge in [0.25, 0.3) is 11.8 Å². The Hall–Kier alpha value is -3.07. The summed E-state index contributed by atoms with van der Waals surface area (Å²) >= 11 is 1.55. The first kappa shape index (κ1) is 19.7. The molecule has 0 spiro atoms. The van der Waals surface area contributed by atoms with Crippen molar-refractivity contribution in [3.05, 3.63) is 53.9 Å². The summed E-state index contributed by atoms with van der Waals surface area (Å²) in [6.45, 7) is 1.79. The molecule has 146 valence electrons. The SMILES string of the molecule is C[C@@]1(c2cccc(NC(=O)c3ccc(OCC(N)=O)cn3)c2)CCSC(N)=N1. The Balaban J connectivity index is 1.71. The highest BCUT2D eigenvalue weighted by Gasteiger charge is 2.29. The predicted octanol–water partition coefficient (Wildman–Crippen LogP) is 1.86. The molecule has 0 aliphatic carbocycles. The molecule has 0 unspecified atom stereocenters. The van der Waals surface area contributed by atoms with E-state index >= 15 is 0 Å². The number of rotatable bonds is 6. The van der Waals surface area contributed by atoms with Crippen molar-refractivity contribution in [2.45, 2.75) is 18.9 Å². The van der Waals surface area contributed by atoms with Crippen LogP contribution in [0.2, 0.25) is 0 Å². The Labute approximate surface area is 166 Å². The molecule has 8 nitrogen and oxygen atoms in total. The van der Waals surface area contributed by atoms with Gasteiger partial charge < -0.3 is 21.5 Å². The lowest BCUT2D eigenvalue weighted by Gasteiger charge is -2.30. The summed E-state index contributed by atoms with van der Waals surface area (Å²) < 4.78 is 5.13. The van der Waals surface area contributed by atoms with Gasteiger partial charge >= 0.3 is 0 Å². The van der Waals surface area contributed by atoms with Crippen molar-refractivity contribution in [3.63, 3.8) is 0 Å². The van der Waals surface area contributed by atoms with E-state index < -0.39 is 11.4 Å². The van der Waals surface area contributed by atoms with Gasteiger partial charge in [-0.1, -0.05) is 23.9 Å². The summed E-state index contributed by atoms with van der Waals surface area (Å²) in [4.78, 5) is 31.8. The van der Waals surface area contributed by atoms with Crippen molar-refractivity contribution in [1.29, 1.82) is 0 Å². The Morgan fingerprint density at radius 3 is 2.82 bits per heavy atom. The molecule has 0 saturated carbocycles. The maximum absolute atomic E-state index is 12.5. The van der Waals surface area contributed by atoms with Gasteiger partial charge in [-0.25, -0.2) is 4.98 Å². The highest BCUT2D eigenvalue weighted by atomic mass is 32.2. The van der Waals surface area contributed by atoms with Crippen LogP contribution in [0.15, 0.2) is 47.6 Å². The lowest BCUT2D eigenvalue weighted by molar-refractivity contribution is -0.119. The number of ether oxygens (including phenoxy) is 1. The molecule has 0 radical (unpaired) electrons. The number of pyridine rings is 1. The van der Waals surface area contributed by atoms with Gasteiger partial charge in [0, 0.05) is 11.4 Å². The molecular weight excluding hydrogens is 378 g/mol. The maximum atomic E-state index is 12.5. The minimum Gasteiger partial charge on any atom is -0.482 e. The van der Waals surface area contributed by atoms with Crippen molar-refractivity contribution < 1.29 is 14.3 Å². The van der Waals surface area contributed by atoms with Gasteiger partial charge in [-0.05, 0) is 43.2 Å². The molecule has 5 N–H and O–H groups in total. The second-order valence-electron chi connectivity index (χ2n) is 6.49. The number of primary amides is 1. The first-order valence-electron chi connectivity index (χ1n) is 8.63. The minimum absolute atomic E-state index is 0.222. The molecule has 0 fully saturated rings. The number of thioether (sulfide) groups is 1. The molecular formula is C19H21N5O3S. The molecule has 28 heavy (non-hydrogen) atoms. The molecule has 1 aliphatic rings. The van der Waals surface area contributed by atoms with E-state index in [0.717, 1.165) is 17.7 Å². The molecule has 2 aromatic rings. The van der Waals surface area contributed by atoms with Crippen LogP contribution in [0.1, 0.15) is 29.4 Å². The van der Waals surface area contributed by atoms with Crippen LogP contribution in [-0.4, -0.2) is 34.3 Å². The highest BCUT2D eigenvalue weighted by molar-refractivity contribution is 8.13. The van der Waals surface area contributed by atoms with Crippen LogP contribution in [-0.2, 0) is 10.3 Å². The highest BCUT2D eigenvalue weighted by Crippen LogP contribution is 2.35. The molecule has 1 aromatic carbocycles. The molecule has 1 aliphatic heterocycles. The van der Waals surface area contributed by atoms with Gasteiger partial charge in [-0.15, -0.1) is 0 Å². The largest absolute Gasteiger partial charge is 0.482 e. The number of nitrogens with two attached hydrogens (primary N) is 2. The molecule has 1 atom stereocenters. The van der Waals surface area contributed by atoms with Crippen LogP contribution in [0.3, 0.4) is 0 Å². The lowest BCUT2D eigenvalue weighted by atomic mass is 9.89. The van der Waals surface area contributed by atoms with E-state index in [-0.39, 0.29) is 18.2 Å². The van der Waals surface area contributed by atoms with E-state index in [1.54, 1.807) is 23.9 Å². The van der Waals surface area contributed by atoms with Gasteiger partial charge in [0.2, 0.25) is 0 Å². The van der Waals surface area contributed by atoms with E-state index in [0.29, 0.717) is 16.6 Å². The van der Waals surface area contributed by atoms with E-state index in [4.69, 9.17) is 16.2 Å². The molecule has 2 amide bonds. The van der Waals surface area contributed by atoms with Crippen LogP contribution in [0.5, 0.6) is 5.75 Å². The molecule has 3 rings (SSSR count). The fraction of sp³-hybridized carbons (Fsp3) is 0.263. The van der Waals surface area contributed by atoms with E-state index in [2.05, 4.69) is 15.3 Å². The number of carbonyl (C=O) groups excluding carboxylic acids is 2. The summed E-state index contributed by atoms with van der Waals surface area (Å²) in [6, 6.07) is 10.6. The van der Waals surface area contributed by atoms with Gasteiger partial charge in [0.15, 0.2) is 11.8 Å². The van der Waals surface area contributed by atoms with E-state index in [1.807, 2.05) is 25.1 Å². The zero-order chi connectivity index (χ0) is 20.1. The smallest absolute Gasteiger partial charge is 0.274 e. The van der Waals surface area contributed by atoms with Crippen molar-refractivity contribution >= 4 is 34.4 Å². The third kappa shape index (κ3) is 4.80. The van der Waals surface area contributed by atoms with Gasteiger partial charge in [-0.3, -0.25) is 14.6 Å². The van der Waals surface area contributed by atoms with Crippen LogP contribution in [0.25, 0.3) is 0 Å². The molecule has 2 heterocycles. The number of amides is 2. The maximum Gasteiger partial charge on any atom is 0.274 e. The molecule has 1 aromatic heterocycles. The number of aromatic nitrogens is 1. The lowest BCUT2D eigenvalue weighted by Crippen LogP contribution is -2.28.